The number of hydrogen-bond donors (Lipinski definition) is 3. The largest absolute Gasteiger partial charge is 0.327 e. The van der Waals surface area contributed by atoms with Crippen LogP contribution in [0.5, 0.6) is 0 Å². The maximum Gasteiger partial charge on any atom is 0.0617 e. The molecule has 0 spiro atoms. The van der Waals surface area contributed by atoms with Crippen LogP contribution in [0.2, 0.25) is 0 Å². The Morgan fingerprint density at radius 1 is 1.73 bits per heavy atom. The monoisotopic (exact) mass is 237 g/mol. The number of hydrogen-bond acceptors (Lipinski definition) is 3. The van der Waals surface area contributed by atoms with E-state index in [9.17, 15) is 0 Å². The second-order valence-corrected chi connectivity index (χ2v) is 3.11. The van der Waals surface area contributed by atoms with Crippen LogP contribution in [0.25, 0.3) is 0 Å². The Morgan fingerprint density at radius 2 is 2.27 bits per heavy atom. The van der Waals surface area contributed by atoms with Crippen molar-refractivity contribution in [1.29, 1.82) is 5.41 Å². The van der Waals surface area contributed by atoms with Crippen molar-refractivity contribution in [1.82, 2.24) is 5.43 Å². The summed E-state index contributed by atoms with van der Waals surface area (Å²) < 4.78 is 0.595. The molecule has 0 bridgehead atoms. The average molecular weight is 239 g/mol. The van der Waals surface area contributed by atoms with Crippen LogP contribution in [0.4, 0.5) is 0 Å². The first-order valence-corrected chi connectivity index (χ1v) is 3.99. The second kappa shape index (κ2) is 5.35. The molecule has 0 unspecified atom stereocenters. The SMILES string of the molecule is C/C(NN)=C(Cl)\C=C(\Br)C=N. The molecule has 4 N–H and O–H groups in total. The predicted molar refractivity (Wildman–Crippen MR) is 51.7 cm³/mol. The van der Waals surface area contributed by atoms with E-state index in [1.54, 1.807) is 13.0 Å². The van der Waals surface area contributed by atoms with Gasteiger partial charge in [-0.3, -0.25) is 5.84 Å². The summed E-state index contributed by atoms with van der Waals surface area (Å²) in [4.78, 5) is 0. The third kappa shape index (κ3) is 4.19. The minimum absolute atomic E-state index is 0.475. The maximum absolute atomic E-state index is 6.83. The number of hydrazine groups is 1. The van der Waals surface area contributed by atoms with E-state index >= 15 is 0 Å². The molecule has 62 valence electrons. The van der Waals surface area contributed by atoms with Gasteiger partial charge >= 0.3 is 0 Å². The Balaban J connectivity index is 4.49. The Kier molecular flexibility index (Phi) is 5.19. The lowest BCUT2D eigenvalue weighted by molar-refractivity contribution is 0.883. The molecule has 0 atom stereocenters. The lowest BCUT2D eigenvalue weighted by Gasteiger charge is -1.99. The molecular formula is C6H9BrClN3. The van der Waals surface area contributed by atoms with E-state index in [0.717, 1.165) is 6.21 Å². The first kappa shape index (κ1) is 10.7. The fourth-order valence-electron chi connectivity index (χ4n) is 0.340. The molecule has 0 aliphatic carbocycles. The van der Waals surface area contributed by atoms with Gasteiger partial charge < -0.3 is 10.8 Å². The molecule has 0 aromatic heterocycles. The molecule has 0 aliphatic heterocycles. The van der Waals surface area contributed by atoms with E-state index < -0.39 is 0 Å². The summed E-state index contributed by atoms with van der Waals surface area (Å²) in [6.07, 6.45) is 2.73. The van der Waals surface area contributed by atoms with E-state index in [1.165, 1.54) is 0 Å². The standard InChI is InChI=1S/C6H9BrClN3/c1-4(11-10)6(8)2-5(7)3-9/h2-3,9,11H,10H2,1H3/b5-2+,6-4-,9-3?. The molecule has 11 heavy (non-hydrogen) atoms. The summed E-state index contributed by atoms with van der Waals surface area (Å²) in [5.74, 6) is 5.10. The zero-order valence-electron chi connectivity index (χ0n) is 5.99. The minimum Gasteiger partial charge on any atom is -0.327 e. The average Bonchev–Trinajstić information content (AvgIpc) is 2.02. The van der Waals surface area contributed by atoms with E-state index in [1.807, 2.05) is 0 Å². The molecule has 0 aliphatic rings. The molecule has 3 nitrogen and oxygen atoms in total. The van der Waals surface area contributed by atoms with E-state index in [-0.39, 0.29) is 0 Å². The van der Waals surface area contributed by atoms with Crippen LogP contribution in [0, 0.1) is 5.41 Å². The predicted octanol–water partition coefficient (Wildman–Crippen LogP) is 1.85. The number of nitrogens with one attached hydrogen (secondary N) is 2. The molecule has 0 rings (SSSR count). The normalized spacial score (nSPS) is 14.0. The summed E-state index contributed by atoms with van der Waals surface area (Å²) in [6, 6.07) is 0. The van der Waals surface area contributed by atoms with Gasteiger partial charge in [0, 0.05) is 16.4 Å². The topological polar surface area (TPSA) is 61.9 Å². The molecule has 0 radical (unpaired) electrons. The highest BCUT2D eigenvalue weighted by molar-refractivity contribution is 9.12. The lowest BCUT2D eigenvalue weighted by Crippen LogP contribution is -2.19. The fraction of sp³-hybridized carbons (Fsp3) is 0.167. The van der Waals surface area contributed by atoms with Crippen molar-refractivity contribution >= 4 is 33.7 Å². The highest BCUT2D eigenvalue weighted by Gasteiger charge is 1.93. The summed E-state index contributed by atoms with van der Waals surface area (Å²) >= 11 is 8.84. The van der Waals surface area contributed by atoms with Crippen LogP contribution in [0.3, 0.4) is 0 Å². The van der Waals surface area contributed by atoms with Crippen LogP contribution in [-0.2, 0) is 0 Å². The molecule has 5 heteroatoms. The molecular weight excluding hydrogens is 229 g/mol. The van der Waals surface area contributed by atoms with Gasteiger partial charge in [-0.2, -0.15) is 0 Å². The molecule has 0 amide bonds. The number of rotatable bonds is 3. The molecule has 0 heterocycles. The van der Waals surface area contributed by atoms with Gasteiger partial charge in [0.2, 0.25) is 0 Å². The summed E-state index contributed by atoms with van der Waals surface area (Å²) in [5.41, 5.74) is 3.06. The van der Waals surface area contributed by atoms with Gasteiger partial charge in [0.15, 0.2) is 0 Å². The number of nitrogens with two attached hydrogens (primary N) is 1. The molecule has 0 saturated carbocycles. The Hall–Kier alpha value is -0.320. The van der Waals surface area contributed by atoms with Crippen LogP contribution >= 0.6 is 27.5 Å². The van der Waals surface area contributed by atoms with Gasteiger partial charge in [-0.1, -0.05) is 11.6 Å². The smallest absolute Gasteiger partial charge is 0.0617 e. The Bertz CT molecular complexity index is 210. The van der Waals surface area contributed by atoms with Crippen molar-refractivity contribution in [3.63, 3.8) is 0 Å². The van der Waals surface area contributed by atoms with Crippen LogP contribution < -0.4 is 11.3 Å². The summed E-state index contributed by atoms with van der Waals surface area (Å²) in [7, 11) is 0. The maximum atomic E-state index is 6.83. The number of allylic oxidation sites excluding steroid dienone is 4. The zero-order chi connectivity index (χ0) is 8.85. The number of halogens is 2. The van der Waals surface area contributed by atoms with Gasteiger partial charge in [0.1, 0.15) is 0 Å². The van der Waals surface area contributed by atoms with Gasteiger partial charge in [0.25, 0.3) is 0 Å². The third-order valence-corrected chi connectivity index (χ3v) is 1.83. The summed E-state index contributed by atoms with van der Waals surface area (Å²) in [5, 5.41) is 7.30. The summed E-state index contributed by atoms with van der Waals surface area (Å²) in [6.45, 7) is 1.74. The fourth-order valence-corrected chi connectivity index (χ4v) is 0.873. The van der Waals surface area contributed by atoms with E-state index in [2.05, 4.69) is 21.4 Å². The van der Waals surface area contributed by atoms with Crippen LogP contribution in [0.15, 0.2) is 21.3 Å². The highest BCUT2D eigenvalue weighted by atomic mass is 79.9. The van der Waals surface area contributed by atoms with E-state index in [0.29, 0.717) is 15.2 Å². The molecule has 0 saturated heterocycles. The highest BCUT2D eigenvalue weighted by Crippen LogP contribution is 2.12. The van der Waals surface area contributed by atoms with Gasteiger partial charge in [-0.05, 0) is 28.9 Å². The zero-order valence-corrected chi connectivity index (χ0v) is 8.33. The van der Waals surface area contributed by atoms with Gasteiger partial charge in [-0.15, -0.1) is 0 Å². The quantitative estimate of drug-likeness (QED) is 0.304. The van der Waals surface area contributed by atoms with Crippen LogP contribution in [0.1, 0.15) is 6.92 Å². The first-order chi connectivity index (χ1) is 5.11. The van der Waals surface area contributed by atoms with Crippen molar-refractivity contribution in [2.45, 2.75) is 6.92 Å². The minimum atomic E-state index is 0.475. The first-order valence-electron chi connectivity index (χ1n) is 2.82. The lowest BCUT2D eigenvalue weighted by atomic mass is 10.4. The van der Waals surface area contributed by atoms with Crippen molar-refractivity contribution in [2.75, 3.05) is 0 Å². The Morgan fingerprint density at radius 3 is 2.64 bits per heavy atom. The van der Waals surface area contributed by atoms with Gasteiger partial charge in [0.05, 0.1) is 5.03 Å². The molecule has 0 aromatic rings. The van der Waals surface area contributed by atoms with Gasteiger partial charge in [-0.25, -0.2) is 0 Å². The van der Waals surface area contributed by atoms with Crippen molar-refractivity contribution in [3.8, 4) is 0 Å². The van der Waals surface area contributed by atoms with E-state index in [4.69, 9.17) is 22.9 Å². The van der Waals surface area contributed by atoms with Crippen molar-refractivity contribution < 1.29 is 0 Å². The third-order valence-electron chi connectivity index (χ3n) is 0.977. The van der Waals surface area contributed by atoms with Crippen molar-refractivity contribution in [3.05, 3.63) is 21.3 Å². The van der Waals surface area contributed by atoms with Crippen molar-refractivity contribution in [2.24, 2.45) is 5.84 Å². The van der Waals surface area contributed by atoms with Crippen LogP contribution in [-0.4, -0.2) is 6.21 Å². The Labute approximate surface area is 78.9 Å². The molecule has 0 fully saturated rings. The second-order valence-electron chi connectivity index (χ2n) is 1.79. The molecule has 0 aromatic carbocycles.